The molecule has 1 saturated heterocycles. The second-order valence-electron chi connectivity index (χ2n) is 6.93. The lowest BCUT2D eigenvalue weighted by Crippen LogP contribution is -2.43. The van der Waals surface area contributed by atoms with E-state index < -0.39 is 11.9 Å². The van der Waals surface area contributed by atoms with Crippen LogP contribution in [0.3, 0.4) is 0 Å². The molecule has 7 nitrogen and oxygen atoms in total. The van der Waals surface area contributed by atoms with Gasteiger partial charge in [-0.3, -0.25) is 4.79 Å². The van der Waals surface area contributed by atoms with Crippen LogP contribution >= 0.6 is 0 Å². The van der Waals surface area contributed by atoms with Crippen LogP contribution in [0.15, 0.2) is 54.7 Å². The fourth-order valence-corrected chi connectivity index (χ4v) is 3.58. The van der Waals surface area contributed by atoms with Gasteiger partial charge in [0.2, 0.25) is 0 Å². The number of rotatable bonds is 4. The van der Waals surface area contributed by atoms with E-state index in [4.69, 9.17) is 0 Å². The van der Waals surface area contributed by atoms with Gasteiger partial charge in [-0.1, -0.05) is 30.3 Å². The SMILES string of the molecule is Cc1ccn(-c2ccc(N3CC(C(=O)O)CC(c4ccccc4)C3)nn2)n1. The van der Waals surface area contributed by atoms with E-state index in [1.807, 2.05) is 54.4 Å². The third-order valence-corrected chi connectivity index (χ3v) is 4.99. The average molecular weight is 363 g/mol. The minimum absolute atomic E-state index is 0.149. The van der Waals surface area contributed by atoms with Gasteiger partial charge >= 0.3 is 5.97 Å². The lowest BCUT2D eigenvalue weighted by Gasteiger charge is -2.37. The molecule has 2 aromatic heterocycles. The lowest BCUT2D eigenvalue weighted by atomic mass is 9.84. The van der Waals surface area contributed by atoms with Crippen molar-refractivity contribution in [2.75, 3.05) is 18.0 Å². The standard InChI is InChI=1S/C20H21N5O2/c1-14-9-10-25(23-14)19-8-7-18(21-22-19)24-12-16(11-17(13-24)20(26)27)15-5-3-2-4-6-15/h2-10,16-17H,11-13H2,1H3,(H,26,27). The summed E-state index contributed by atoms with van der Waals surface area (Å²) in [6.45, 7) is 3.08. The Hall–Kier alpha value is -3.22. The Morgan fingerprint density at radius 1 is 1.04 bits per heavy atom. The molecule has 27 heavy (non-hydrogen) atoms. The number of piperidine rings is 1. The fraction of sp³-hybridized carbons (Fsp3) is 0.300. The van der Waals surface area contributed by atoms with Crippen LogP contribution in [0.4, 0.5) is 5.82 Å². The summed E-state index contributed by atoms with van der Waals surface area (Å²) in [5.41, 5.74) is 2.07. The first-order valence-corrected chi connectivity index (χ1v) is 8.99. The van der Waals surface area contributed by atoms with Crippen molar-refractivity contribution in [3.63, 3.8) is 0 Å². The van der Waals surface area contributed by atoms with E-state index in [2.05, 4.69) is 27.4 Å². The maximum atomic E-state index is 11.7. The van der Waals surface area contributed by atoms with Gasteiger partial charge in [0.05, 0.1) is 11.6 Å². The van der Waals surface area contributed by atoms with Gasteiger partial charge < -0.3 is 10.0 Å². The molecule has 0 aliphatic carbocycles. The van der Waals surface area contributed by atoms with Gasteiger partial charge in [-0.05, 0) is 37.1 Å². The summed E-state index contributed by atoms with van der Waals surface area (Å²) in [6, 6.07) is 15.7. The number of nitrogens with zero attached hydrogens (tertiary/aromatic N) is 5. The van der Waals surface area contributed by atoms with Crippen LogP contribution < -0.4 is 4.90 Å². The summed E-state index contributed by atoms with van der Waals surface area (Å²) >= 11 is 0. The molecule has 3 heterocycles. The number of hydrogen-bond donors (Lipinski definition) is 1. The first-order valence-electron chi connectivity index (χ1n) is 8.99. The molecule has 1 aliphatic rings. The number of carboxylic acid groups (broad SMARTS) is 1. The first kappa shape index (κ1) is 17.2. The third-order valence-electron chi connectivity index (χ3n) is 4.99. The zero-order chi connectivity index (χ0) is 18.8. The molecule has 0 saturated carbocycles. The number of carbonyl (C=O) groups is 1. The molecule has 0 amide bonds. The molecule has 2 atom stereocenters. The molecular formula is C20H21N5O2. The highest BCUT2D eigenvalue weighted by molar-refractivity contribution is 5.71. The van der Waals surface area contributed by atoms with Gasteiger partial charge in [0, 0.05) is 25.2 Å². The smallest absolute Gasteiger partial charge is 0.308 e. The predicted molar refractivity (Wildman–Crippen MR) is 101 cm³/mol. The van der Waals surface area contributed by atoms with Crippen LogP contribution in [0.2, 0.25) is 0 Å². The van der Waals surface area contributed by atoms with Gasteiger partial charge in [-0.2, -0.15) is 5.10 Å². The van der Waals surface area contributed by atoms with Crippen LogP contribution in [0, 0.1) is 12.8 Å². The second-order valence-corrected chi connectivity index (χ2v) is 6.93. The second kappa shape index (κ2) is 7.19. The van der Waals surface area contributed by atoms with Crippen molar-refractivity contribution < 1.29 is 9.90 Å². The molecule has 4 rings (SSSR count). The molecule has 7 heteroatoms. The third kappa shape index (κ3) is 3.67. The van der Waals surface area contributed by atoms with E-state index in [0.717, 1.165) is 17.8 Å². The Labute approximate surface area is 157 Å². The number of aliphatic carboxylic acids is 1. The molecule has 1 aromatic carbocycles. The van der Waals surface area contributed by atoms with E-state index in [1.165, 1.54) is 0 Å². The van der Waals surface area contributed by atoms with Crippen molar-refractivity contribution in [2.24, 2.45) is 5.92 Å². The van der Waals surface area contributed by atoms with Crippen molar-refractivity contribution in [3.8, 4) is 5.82 Å². The molecule has 0 spiro atoms. The van der Waals surface area contributed by atoms with Crippen LogP contribution in [-0.2, 0) is 4.79 Å². The molecule has 1 N–H and O–H groups in total. The number of carboxylic acids is 1. The van der Waals surface area contributed by atoms with Gasteiger partial charge in [0.1, 0.15) is 0 Å². The number of anilines is 1. The monoisotopic (exact) mass is 363 g/mol. The maximum Gasteiger partial charge on any atom is 0.308 e. The number of aryl methyl sites for hydroxylation is 1. The normalized spacial score (nSPS) is 19.8. The Bertz CT molecular complexity index is 923. The first-order chi connectivity index (χ1) is 13.1. The minimum atomic E-state index is -0.766. The molecule has 138 valence electrons. The maximum absolute atomic E-state index is 11.7. The van der Waals surface area contributed by atoms with Crippen LogP contribution in [0.25, 0.3) is 5.82 Å². The Morgan fingerprint density at radius 3 is 2.41 bits per heavy atom. The van der Waals surface area contributed by atoms with Crippen molar-refractivity contribution >= 4 is 11.8 Å². The van der Waals surface area contributed by atoms with E-state index >= 15 is 0 Å². The van der Waals surface area contributed by atoms with Gasteiger partial charge in [-0.25, -0.2) is 4.68 Å². The lowest BCUT2D eigenvalue weighted by molar-refractivity contribution is -0.142. The highest BCUT2D eigenvalue weighted by Gasteiger charge is 2.33. The number of benzene rings is 1. The predicted octanol–water partition coefficient (Wildman–Crippen LogP) is 2.67. The van der Waals surface area contributed by atoms with E-state index in [0.29, 0.717) is 24.6 Å². The Kier molecular flexibility index (Phi) is 4.58. The Balaban J connectivity index is 1.58. The highest BCUT2D eigenvalue weighted by Crippen LogP contribution is 2.32. The Morgan fingerprint density at radius 2 is 1.78 bits per heavy atom. The summed E-state index contributed by atoms with van der Waals surface area (Å²) in [6.07, 6.45) is 2.47. The molecule has 0 radical (unpaired) electrons. The van der Waals surface area contributed by atoms with Crippen LogP contribution in [0.1, 0.15) is 23.6 Å². The summed E-state index contributed by atoms with van der Waals surface area (Å²) in [7, 11) is 0. The quantitative estimate of drug-likeness (QED) is 0.767. The highest BCUT2D eigenvalue weighted by atomic mass is 16.4. The van der Waals surface area contributed by atoms with E-state index in [1.54, 1.807) is 4.68 Å². The summed E-state index contributed by atoms with van der Waals surface area (Å²) in [4.78, 5) is 13.7. The number of aromatic nitrogens is 4. The fourth-order valence-electron chi connectivity index (χ4n) is 3.58. The average Bonchev–Trinajstić information content (AvgIpc) is 3.15. The van der Waals surface area contributed by atoms with E-state index in [9.17, 15) is 9.90 Å². The minimum Gasteiger partial charge on any atom is -0.481 e. The zero-order valence-corrected chi connectivity index (χ0v) is 15.1. The van der Waals surface area contributed by atoms with Gasteiger partial charge in [0.25, 0.3) is 0 Å². The van der Waals surface area contributed by atoms with Crippen LogP contribution in [-0.4, -0.2) is 44.1 Å². The molecule has 0 bridgehead atoms. The molecule has 1 fully saturated rings. The van der Waals surface area contributed by atoms with Crippen molar-refractivity contribution in [2.45, 2.75) is 19.3 Å². The zero-order valence-electron chi connectivity index (χ0n) is 15.1. The van der Waals surface area contributed by atoms with Crippen molar-refractivity contribution in [1.29, 1.82) is 0 Å². The topological polar surface area (TPSA) is 84.1 Å². The molecular weight excluding hydrogens is 342 g/mol. The molecule has 3 aromatic rings. The largest absolute Gasteiger partial charge is 0.481 e. The number of hydrogen-bond acceptors (Lipinski definition) is 5. The molecule has 2 unspecified atom stereocenters. The molecule has 1 aliphatic heterocycles. The van der Waals surface area contributed by atoms with E-state index in [-0.39, 0.29) is 5.92 Å². The summed E-state index contributed by atoms with van der Waals surface area (Å²) < 4.78 is 1.68. The summed E-state index contributed by atoms with van der Waals surface area (Å²) in [5, 5.41) is 22.5. The van der Waals surface area contributed by atoms with Gasteiger partial charge in [-0.15, -0.1) is 10.2 Å². The van der Waals surface area contributed by atoms with Gasteiger partial charge in [0.15, 0.2) is 11.6 Å². The van der Waals surface area contributed by atoms with Crippen LogP contribution in [0.5, 0.6) is 0 Å². The van der Waals surface area contributed by atoms with Crippen molar-refractivity contribution in [1.82, 2.24) is 20.0 Å². The summed E-state index contributed by atoms with van der Waals surface area (Å²) in [5.74, 6) is 0.278. The van der Waals surface area contributed by atoms with Crippen molar-refractivity contribution in [3.05, 3.63) is 66.0 Å².